The van der Waals surface area contributed by atoms with Crippen molar-refractivity contribution < 1.29 is 19.1 Å². The molecule has 0 radical (unpaired) electrons. The smallest absolute Gasteiger partial charge is 0.407 e. The van der Waals surface area contributed by atoms with E-state index < -0.39 is 18.1 Å². The van der Waals surface area contributed by atoms with Crippen LogP contribution in [-0.4, -0.2) is 31.8 Å². The molecule has 0 aliphatic rings. The van der Waals surface area contributed by atoms with Gasteiger partial charge in [0.05, 0.1) is 13.7 Å². The predicted octanol–water partition coefficient (Wildman–Crippen LogP) is 2.85. The van der Waals surface area contributed by atoms with Crippen molar-refractivity contribution in [2.75, 3.05) is 13.7 Å². The number of benzene rings is 1. The number of ether oxygens (including phenoxy) is 2. The number of hydrogen-bond acceptors (Lipinski definition) is 4. The van der Waals surface area contributed by atoms with Crippen LogP contribution in [-0.2, 0) is 20.7 Å². The fraction of sp³-hybridized carbons (Fsp3) is 0.500. The minimum atomic E-state index is -0.744. The second-order valence-corrected chi connectivity index (χ2v) is 4.13. The van der Waals surface area contributed by atoms with Crippen molar-refractivity contribution in [2.24, 2.45) is 0 Å². The number of aryl methyl sites for hydroxylation is 1. The second-order valence-electron chi connectivity index (χ2n) is 4.13. The molecule has 1 unspecified atom stereocenters. The highest BCUT2D eigenvalue weighted by molar-refractivity contribution is 5.81. The van der Waals surface area contributed by atoms with Crippen molar-refractivity contribution in [1.82, 2.24) is 5.32 Å². The fourth-order valence-electron chi connectivity index (χ4n) is 1.61. The van der Waals surface area contributed by atoms with Gasteiger partial charge in [-0.1, -0.05) is 43.7 Å². The Morgan fingerprint density at radius 3 is 2.24 bits per heavy atom. The van der Waals surface area contributed by atoms with Gasteiger partial charge >= 0.3 is 12.1 Å². The summed E-state index contributed by atoms with van der Waals surface area (Å²) in [5.74, 6) is -0.492. The number of nitrogens with one attached hydrogen (secondary N) is 1. The van der Waals surface area contributed by atoms with E-state index >= 15 is 0 Å². The quantitative estimate of drug-likeness (QED) is 0.848. The lowest BCUT2D eigenvalue weighted by atomic mass is 10.0. The summed E-state index contributed by atoms with van der Waals surface area (Å²) in [6, 6.07) is 6.99. The third-order valence-corrected chi connectivity index (χ3v) is 2.61. The SMILES string of the molecule is CC.CCOC(=O)NC(Cc1ccc(C)cc1)C(=O)OC. The average molecular weight is 295 g/mol. The first-order valence-corrected chi connectivity index (χ1v) is 7.13. The van der Waals surface area contributed by atoms with Crippen LogP contribution in [0.15, 0.2) is 24.3 Å². The molecule has 5 nitrogen and oxygen atoms in total. The number of amides is 1. The van der Waals surface area contributed by atoms with E-state index in [0.29, 0.717) is 6.42 Å². The fourth-order valence-corrected chi connectivity index (χ4v) is 1.61. The van der Waals surface area contributed by atoms with Crippen LogP contribution in [0.25, 0.3) is 0 Å². The molecule has 21 heavy (non-hydrogen) atoms. The zero-order chi connectivity index (χ0) is 16.3. The van der Waals surface area contributed by atoms with Gasteiger partial charge in [0.2, 0.25) is 0 Å². The van der Waals surface area contributed by atoms with E-state index in [0.717, 1.165) is 11.1 Å². The van der Waals surface area contributed by atoms with Crippen LogP contribution in [0.4, 0.5) is 4.79 Å². The van der Waals surface area contributed by atoms with E-state index in [1.54, 1.807) is 6.92 Å². The van der Waals surface area contributed by atoms with Gasteiger partial charge in [-0.25, -0.2) is 9.59 Å². The summed E-state index contributed by atoms with van der Waals surface area (Å²) in [7, 11) is 1.29. The van der Waals surface area contributed by atoms with E-state index in [-0.39, 0.29) is 6.61 Å². The predicted molar refractivity (Wildman–Crippen MR) is 82.2 cm³/mol. The van der Waals surface area contributed by atoms with Gasteiger partial charge in [0, 0.05) is 6.42 Å². The summed E-state index contributed by atoms with van der Waals surface area (Å²) in [5.41, 5.74) is 2.08. The Hall–Kier alpha value is -2.04. The van der Waals surface area contributed by atoms with Crippen LogP contribution in [0.2, 0.25) is 0 Å². The molecule has 1 atom stereocenters. The van der Waals surface area contributed by atoms with Crippen molar-refractivity contribution in [1.29, 1.82) is 0 Å². The maximum atomic E-state index is 11.6. The molecule has 118 valence electrons. The molecular weight excluding hydrogens is 270 g/mol. The van der Waals surface area contributed by atoms with Crippen LogP contribution in [0, 0.1) is 6.92 Å². The molecule has 1 amide bonds. The number of carbonyl (C=O) groups is 2. The molecule has 1 aromatic carbocycles. The number of carbonyl (C=O) groups excluding carboxylic acids is 2. The standard InChI is InChI=1S/C14H19NO4.C2H6/c1-4-19-14(17)15-12(13(16)18-3)9-11-7-5-10(2)6-8-11;1-2/h5-8,12H,4,9H2,1-3H3,(H,15,17);1-2H3. The lowest BCUT2D eigenvalue weighted by Crippen LogP contribution is -2.43. The summed E-state index contributed by atoms with van der Waals surface area (Å²) in [5, 5.41) is 2.50. The molecule has 0 saturated carbocycles. The van der Waals surface area contributed by atoms with Gasteiger partial charge in [0.1, 0.15) is 6.04 Å². The molecule has 0 aliphatic heterocycles. The topological polar surface area (TPSA) is 64.6 Å². The lowest BCUT2D eigenvalue weighted by Gasteiger charge is -2.16. The number of hydrogen-bond donors (Lipinski definition) is 1. The average Bonchev–Trinajstić information content (AvgIpc) is 2.50. The van der Waals surface area contributed by atoms with Gasteiger partial charge in [-0.15, -0.1) is 0 Å². The summed E-state index contributed by atoms with van der Waals surface area (Å²) >= 11 is 0. The van der Waals surface area contributed by atoms with Gasteiger partial charge in [-0.2, -0.15) is 0 Å². The molecule has 0 bridgehead atoms. The van der Waals surface area contributed by atoms with Gasteiger partial charge in [0.25, 0.3) is 0 Å². The Balaban J connectivity index is 0.00000191. The zero-order valence-corrected chi connectivity index (χ0v) is 13.4. The van der Waals surface area contributed by atoms with Crippen LogP contribution < -0.4 is 5.32 Å². The van der Waals surface area contributed by atoms with Crippen molar-refractivity contribution in [2.45, 2.75) is 40.2 Å². The first-order valence-electron chi connectivity index (χ1n) is 7.13. The van der Waals surface area contributed by atoms with Gasteiger partial charge in [0.15, 0.2) is 0 Å². The van der Waals surface area contributed by atoms with Crippen LogP contribution in [0.3, 0.4) is 0 Å². The molecule has 0 aliphatic carbocycles. The summed E-state index contributed by atoms with van der Waals surface area (Å²) < 4.78 is 9.44. The molecule has 0 saturated heterocycles. The molecule has 1 aromatic rings. The Bertz CT molecular complexity index is 428. The molecule has 1 rings (SSSR count). The van der Waals surface area contributed by atoms with Crippen LogP contribution in [0.5, 0.6) is 0 Å². The molecule has 0 fully saturated rings. The number of esters is 1. The van der Waals surface area contributed by atoms with Crippen molar-refractivity contribution in [3.8, 4) is 0 Å². The third-order valence-electron chi connectivity index (χ3n) is 2.61. The molecule has 5 heteroatoms. The van der Waals surface area contributed by atoms with Crippen molar-refractivity contribution >= 4 is 12.1 Å². The first-order chi connectivity index (χ1) is 10.1. The highest BCUT2D eigenvalue weighted by atomic mass is 16.6. The van der Waals surface area contributed by atoms with Crippen molar-refractivity contribution in [3.63, 3.8) is 0 Å². The zero-order valence-electron chi connectivity index (χ0n) is 13.4. The van der Waals surface area contributed by atoms with Gasteiger partial charge in [-0.05, 0) is 19.4 Å². The molecule has 0 spiro atoms. The van der Waals surface area contributed by atoms with E-state index in [1.807, 2.05) is 45.0 Å². The largest absolute Gasteiger partial charge is 0.467 e. The molecule has 0 aromatic heterocycles. The van der Waals surface area contributed by atoms with E-state index in [4.69, 9.17) is 4.74 Å². The van der Waals surface area contributed by atoms with Crippen LogP contribution in [0.1, 0.15) is 31.9 Å². The Morgan fingerprint density at radius 1 is 1.19 bits per heavy atom. The summed E-state index contributed by atoms with van der Waals surface area (Å²) in [4.78, 5) is 23.0. The molecular formula is C16H25NO4. The molecule has 0 heterocycles. The molecule has 1 N–H and O–H groups in total. The van der Waals surface area contributed by atoms with E-state index in [2.05, 4.69) is 10.1 Å². The Kier molecular flexibility index (Phi) is 9.67. The minimum Gasteiger partial charge on any atom is -0.467 e. The number of methoxy groups -OCH3 is 1. The summed E-state index contributed by atoms with van der Waals surface area (Å²) in [6.07, 6.45) is -0.254. The number of rotatable bonds is 5. The van der Waals surface area contributed by atoms with Gasteiger partial charge < -0.3 is 14.8 Å². The maximum Gasteiger partial charge on any atom is 0.407 e. The minimum absolute atomic E-state index is 0.254. The summed E-state index contributed by atoms with van der Waals surface area (Å²) in [6.45, 7) is 7.94. The third kappa shape index (κ3) is 7.34. The lowest BCUT2D eigenvalue weighted by molar-refractivity contribution is -0.142. The first kappa shape index (κ1) is 19.0. The Labute approximate surface area is 126 Å². The monoisotopic (exact) mass is 295 g/mol. The Morgan fingerprint density at radius 2 is 1.76 bits per heavy atom. The van der Waals surface area contributed by atoms with Gasteiger partial charge in [-0.3, -0.25) is 0 Å². The van der Waals surface area contributed by atoms with Crippen LogP contribution >= 0.6 is 0 Å². The van der Waals surface area contributed by atoms with Crippen molar-refractivity contribution in [3.05, 3.63) is 35.4 Å². The highest BCUT2D eigenvalue weighted by Crippen LogP contribution is 2.07. The normalized spacial score (nSPS) is 10.7. The van der Waals surface area contributed by atoms with E-state index in [9.17, 15) is 9.59 Å². The number of alkyl carbamates (subject to hydrolysis) is 1. The second kappa shape index (κ2) is 10.7. The highest BCUT2D eigenvalue weighted by Gasteiger charge is 2.22. The van der Waals surface area contributed by atoms with E-state index in [1.165, 1.54) is 7.11 Å². The maximum absolute atomic E-state index is 11.6.